The van der Waals surface area contributed by atoms with Crippen molar-refractivity contribution in [3.05, 3.63) is 72.1 Å². The molecular formula is C41H56Cl4N4O6. The zero-order valence-corrected chi connectivity index (χ0v) is 35.8. The minimum absolute atomic E-state index is 0. The summed E-state index contributed by atoms with van der Waals surface area (Å²) in [5.41, 5.74) is 6.17. The van der Waals surface area contributed by atoms with Crippen molar-refractivity contribution in [2.24, 2.45) is 0 Å². The maximum Gasteiger partial charge on any atom is 0.203 e. The number of hydrogen-bond donors (Lipinski definition) is 0. The average molecular weight is 843 g/mol. The number of methoxy groups -OCH3 is 6. The molecule has 0 spiro atoms. The first kappa shape index (κ1) is 47.8. The van der Waals surface area contributed by atoms with Gasteiger partial charge in [0, 0.05) is 48.7 Å². The second-order valence-electron chi connectivity index (χ2n) is 13.4. The number of ether oxygens (including phenoxy) is 6. The molecule has 6 rings (SSSR count). The molecule has 0 atom stereocenters. The lowest BCUT2D eigenvalue weighted by molar-refractivity contribution is 0.0488. The van der Waals surface area contributed by atoms with Crippen LogP contribution in [0.15, 0.2) is 60.9 Å². The summed E-state index contributed by atoms with van der Waals surface area (Å²) in [6.45, 7) is 3.92. The first-order chi connectivity index (χ1) is 25.0. The van der Waals surface area contributed by atoms with Gasteiger partial charge in [-0.2, -0.15) is 0 Å². The quantitative estimate of drug-likeness (QED) is 0.122. The van der Waals surface area contributed by atoms with Gasteiger partial charge in [-0.05, 0) is 98.4 Å². The maximum absolute atomic E-state index is 5.63. The Kier molecular flexibility index (Phi) is 20.0. The molecule has 1 aliphatic carbocycles. The first-order valence-corrected chi connectivity index (χ1v) is 18.0. The van der Waals surface area contributed by atoms with Crippen molar-refractivity contribution in [3.63, 3.8) is 0 Å². The van der Waals surface area contributed by atoms with Gasteiger partial charge in [0.05, 0.1) is 54.0 Å². The van der Waals surface area contributed by atoms with E-state index in [1.165, 1.54) is 43.2 Å². The number of rotatable bonds is 14. The number of likely N-dealkylation sites (tertiary alicyclic amines) is 1. The largest absolute Gasteiger partial charge is 0.493 e. The normalized spacial score (nSPS) is 14.7. The third-order valence-electron chi connectivity index (χ3n) is 10.4. The molecule has 1 saturated carbocycles. The SMILES string of the molecule is COc1cc(-c2cc(CN3CCC(N(Cc4ccnc(-c5cc(OC)c(OC)c(OC)c5)c4)C4CCCCC4)CC3)ccn2)cc(OC)c1OC.Cl.Cl.Cl.Cl. The first-order valence-electron chi connectivity index (χ1n) is 18.0. The number of pyridine rings is 2. The fourth-order valence-corrected chi connectivity index (χ4v) is 7.77. The topological polar surface area (TPSA) is 87.6 Å². The van der Waals surface area contributed by atoms with E-state index in [1.807, 2.05) is 36.7 Å². The van der Waals surface area contributed by atoms with Gasteiger partial charge in [-0.3, -0.25) is 19.8 Å². The highest BCUT2D eigenvalue weighted by molar-refractivity contribution is 5.86. The summed E-state index contributed by atoms with van der Waals surface area (Å²) in [7, 11) is 9.80. The van der Waals surface area contributed by atoms with E-state index in [2.05, 4.69) is 39.0 Å². The molecule has 0 unspecified atom stereocenters. The van der Waals surface area contributed by atoms with Gasteiger partial charge in [0.15, 0.2) is 23.0 Å². The van der Waals surface area contributed by atoms with Gasteiger partial charge in [-0.1, -0.05) is 19.3 Å². The highest BCUT2D eigenvalue weighted by Gasteiger charge is 2.31. The molecule has 2 aliphatic rings. The molecule has 4 aromatic rings. The predicted molar refractivity (Wildman–Crippen MR) is 228 cm³/mol. The molecule has 55 heavy (non-hydrogen) atoms. The Morgan fingerprint density at radius 1 is 0.545 bits per heavy atom. The van der Waals surface area contributed by atoms with Gasteiger partial charge >= 0.3 is 0 Å². The van der Waals surface area contributed by atoms with E-state index < -0.39 is 0 Å². The van der Waals surface area contributed by atoms with Gasteiger partial charge in [0.2, 0.25) is 11.5 Å². The van der Waals surface area contributed by atoms with Crippen molar-refractivity contribution in [3.8, 4) is 57.0 Å². The number of hydrogen-bond acceptors (Lipinski definition) is 10. The summed E-state index contributed by atoms with van der Waals surface area (Å²) in [5.74, 6) is 3.64. The Hall–Kier alpha value is -3.38. The van der Waals surface area contributed by atoms with E-state index in [-0.39, 0.29) is 49.6 Å². The van der Waals surface area contributed by atoms with Crippen molar-refractivity contribution in [2.75, 3.05) is 55.7 Å². The van der Waals surface area contributed by atoms with Crippen LogP contribution in [0.5, 0.6) is 34.5 Å². The Labute approximate surface area is 351 Å². The second kappa shape index (κ2) is 23.0. The van der Waals surface area contributed by atoms with Crippen LogP contribution >= 0.6 is 49.6 Å². The molecule has 14 heteroatoms. The molecule has 0 N–H and O–H groups in total. The zero-order chi connectivity index (χ0) is 35.7. The van der Waals surface area contributed by atoms with Crippen LogP contribution < -0.4 is 28.4 Å². The molecule has 0 amide bonds. The summed E-state index contributed by atoms with van der Waals surface area (Å²) in [5, 5.41) is 0. The molecule has 10 nitrogen and oxygen atoms in total. The molecular weight excluding hydrogens is 786 g/mol. The summed E-state index contributed by atoms with van der Waals surface area (Å²) in [6.07, 6.45) is 12.6. The van der Waals surface area contributed by atoms with E-state index in [0.29, 0.717) is 46.6 Å². The van der Waals surface area contributed by atoms with Crippen molar-refractivity contribution in [2.45, 2.75) is 70.1 Å². The third kappa shape index (κ3) is 11.4. The molecule has 3 heterocycles. The predicted octanol–water partition coefficient (Wildman–Crippen LogP) is 9.35. The summed E-state index contributed by atoms with van der Waals surface area (Å²) < 4.78 is 33.5. The number of piperidine rings is 1. The van der Waals surface area contributed by atoms with Crippen LogP contribution in [0, 0.1) is 0 Å². The zero-order valence-electron chi connectivity index (χ0n) is 32.6. The van der Waals surface area contributed by atoms with Gasteiger partial charge in [-0.15, -0.1) is 49.6 Å². The smallest absolute Gasteiger partial charge is 0.203 e. The van der Waals surface area contributed by atoms with E-state index in [4.69, 9.17) is 33.4 Å². The van der Waals surface area contributed by atoms with Crippen LogP contribution in [0.1, 0.15) is 56.1 Å². The van der Waals surface area contributed by atoms with Crippen LogP contribution in [0.3, 0.4) is 0 Å². The summed E-state index contributed by atoms with van der Waals surface area (Å²) in [6, 6.07) is 17.7. The van der Waals surface area contributed by atoms with Crippen molar-refractivity contribution < 1.29 is 28.4 Å². The van der Waals surface area contributed by atoms with Crippen molar-refractivity contribution in [1.29, 1.82) is 0 Å². The Morgan fingerprint density at radius 3 is 1.40 bits per heavy atom. The summed E-state index contributed by atoms with van der Waals surface area (Å²) in [4.78, 5) is 14.8. The highest BCUT2D eigenvalue weighted by Crippen LogP contribution is 2.42. The Bertz CT molecular complexity index is 1720. The lowest BCUT2D eigenvalue weighted by Gasteiger charge is -2.44. The molecule has 2 aromatic carbocycles. The lowest BCUT2D eigenvalue weighted by Crippen LogP contribution is -2.49. The fourth-order valence-electron chi connectivity index (χ4n) is 7.77. The van der Waals surface area contributed by atoms with Crippen LogP contribution in [0.2, 0.25) is 0 Å². The number of aromatic nitrogens is 2. The molecule has 1 saturated heterocycles. The highest BCUT2D eigenvalue weighted by atomic mass is 35.5. The van der Waals surface area contributed by atoms with Gasteiger partial charge in [0.1, 0.15) is 0 Å². The van der Waals surface area contributed by atoms with Crippen molar-refractivity contribution in [1.82, 2.24) is 19.8 Å². The average Bonchev–Trinajstić information content (AvgIpc) is 3.19. The minimum Gasteiger partial charge on any atom is -0.493 e. The number of benzene rings is 2. The van der Waals surface area contributed by atoms with E-state index in [9.17, 15) is 0 Å². The number of nitrogens with zero attached hydrogens (tertiary/aromatic N) is 4. The Morgan fingerprint density at radius 2 is 0.964 bits per heavy atom. The van der Waals surface area contributed by atoms with Crippen LogP contribution in [-0.4, -0.2) is 87.6 Å². The van der Waals surface area contributed by atoms with E-state index in [1.54, 1.807) is 42.7 Å². The maximum atomic E-state index is 5.63. The van der Waals surface area contributed by atoms with Crippen LogP contribution in [0.4, 0.5) is 0 Å². The standard InChI is InChI=1S/C41H52N4O6.4ClH/c1-46-36-22-30(23-37(47-2)40(36)50-5)34-20-28(12-16-42-34)26-44-18-14-33(15-19-44)45(32-10-8-7-9-11-32)27-29-13-17-43-35(21-29)31-24-38(48-3)41(51-6)39(25-31)49-4;;;;/h12-13,16-17,20-25,32-33H,7-11,14-15,18-19,26-27H2,1-6H3;4*1H. The molecule has 2 aromatic heterocycles. The lowest BCUT2D eigenvalue weighted by atomic mass is 9.90. The van der Waals surface area contributed by atoms with E-state index >= 15 is 0 Å². The van der Waals surface area contributed by atoms with Crippen LogP contribution in [-0.2, 0) is 13.1 Å². The van der Waals surface area contributed by atoms with Gasteiger partial charge in [-0.25, -0.2) is 0 Å². The minimum atomic E-state index is 0. The number of halogens is 4. The Balaban J connectivity index is 0.00000261. The molecule has 304 valence electrons. The van der Waals surface area contributed by atoms with Gasteiger partial charge < -0.3 is 28.4 Å². The fraction of sp³-hybridized carbons (Fsp3) is 0.463. The third-order valence-corrected chi connectivity index (χ3v) is 10.4. The second-order valence-corrected chi connectivity index (χ2v) is 13.4. The molecule has 2 fully saturated rings. The molecule has 0 bridgehead atoms. The monoisotopic (exact) mass is 840 g/mol. The van der Waals surface area contributed by atoms with Crippen molar-refractivity contribution >= 4 is 49.6 Å². The van der Waals surface area contributed by atoms with E-state index in [0.717, 1.165) is 61.5 Å². The molecule has 0 radical (unpaired) electrons. The molecule has 1 aliphatic heterocycles. The van der Waals surface area contributed by atoms with Crippen LogP contribution in [0.25, 0.3) is 22.5 Å². The summed E-state index contributed by atoms with van der Waals surface area (Å²) >= 11 is 0. The van der Waals surface area contributed by atoms with Gasteiger partial charge in [0.25, 0.3) is 0 Å².